The first-order chi connectivity index (χ1) is 9.78. The zero-order valence-corrected chi connectivity index (χ0v) is 13.3. The molecule has 1 amide bonds. The van der Waals surface area contributed by atoms with Crippen LogP contribution in [0.1, 0.15) is 52.4 Å². The Balaban J connectivity index is 1.69. The van der Waals surface area contributed by atoms with Crippen LogP contribution in [0.2, 0.25) is 0 Å². The SMILES string of the molecule is CN(C(=O)CC(C)(C)C(=O)O)C1C2CC3CC(C2)CC1C3. The van der Waals surface area contributed by atoms with Gasteiger partial charge in [-0.25, -0.2) is 0 Å². The van der Waals surface area contributed by atoms with Crippen LogP contribution in [0.5, 0.6) is 0 Å². The summed E-state index contributed by atoms with van der Waals surface area (Å²) in [7, 11) is 1.90. The molecule has 4 saturated carbocycles. The third-order valence-corrected chi connectivity index (χ3v) is 6.19. The standard InChI is InChI=1S/C17H27NO3/c1-17(2,16(20)21)9-14(19)18(3)15-12-5-10-4-11(7-12)8-13(15)6-10/h10-13,15H,4-9H2,1-3H3,(H,20,21). The van der Waals surface area contributed by atoms with Crippen molar-refractivity contribution >= 4 is 11.9 Å². The van der Waals surface area contributed by atoms with Crippen molar-refractivity contribution in [2.24, 2.45) is 29.1 Å². The lowest BCUT2D eigenvalue weighted by atomic mass is 9.54. The van der Waals surface area contributed by atoms with Gasteiger partial charge in [-0.3, -0.25) is 9.59 Å². The van der Waals surface area contributed by atoms with Crippen LogP contribution < -0.4 is 0 Å². The molecule has 0 radical (unpaired) electrons. The molecule has 21 heavy (non-hydrogen) atoms. The van der Waals surface area contributed by atoms with Crippen molar-refractivity contribution in [1.29, 1.82) is 0 Å². The molecule has 0 atom stereocenters. The molecule has 0 aromatic heterocycles. The summed E-state index contributed by atoms with van der Waals surface area (Å²) in [4.78, 5) is 25.7. The van der Waals surface area contributed by atoms with E-state index in [1.165, 1.54) is 32.1 Å². The Hall–Kier alpha value is -1.06. The van der Waals surface area contributed by atoms with Gasteiger partial charge in [0.1, 0.15) is 0 Å². The van der Waals surface area contributed by atoms with Crippen LogP contribution >= 0.6 is 0 Å². The molecule has 0 unspecified atom stereocenters. The molecular weight excluding hydrogens is 266 g/mol. The molecule has 0 aromatic carbocycles. The molecule has 4 bridgehead atoms. The summed E-state index contributed by atoms with van der Waals surface area (Å²) in [6.45, 7) is 3.27. The van der Waals surface area contributed by atoms with E-state index in [0.717, 1.165) is 11.8 Å². The number of amides is 1. The maximum atomic E-state index is 12.5. The number of hydrogen-bond donors (Lipinski definition) is 1. The lowest BCUT2D eigenvalue weighted by molar-refractivity contribution is -0.154. The second kappa shape index (κ2) is 4.99. The van der Waals surface area contributed by atoms with Gasteiger partial charge in [-0.15, -0.1) is 0 Å². The average molecular weight is 293 g/mol. The molecule has 0 saturated heterocycles. The van der Waals surface area contributed by atoms with E-state index in [9.17, 15) is 14.7 Å². The Morgan fingerprint density at radius 3 is 1.95 bits per heavy atom. The first kappa shape index (κ1) is 14.9. The minimum Gasteiger partial charge on any atom is -0.481 e. The largest absolute Gasteiger partial charge is 0.481 e. The predicted molar refractivity (Wildman–Crippen MR) is 79.6 cm³/mol. The van der Waals surface area contributed by atoms with Gasteiger partial charge in [-0.1, -0.05) is 0 Å². The number of rotatable bonds is 4. The molecule has 0 spiro atoms. The Morgan fingerprint density at radius 1 is 1.05 bits per heavy atom. The van der Waals surface area contributed by atoms with Crippen molar-refractivity contribution < 1.29 is 14.7 Å². The number of aliphatic carboxylic acids is 1. The van der Waals surface area contributed by atoms with E-state index in [-0.39, 0.29) is 12.3 Å². The predicted octanol–water partition coefficient (Wildman–Crippen LogP) is 2.77. The van der Waals surface area contributed by atoms with E-state index >= 15 is 0 Å². The van der Waals surface area contributed by atoms with Crippen LogP contribution in [0.3, 0.4) is 0 Å². The van der Waals surface area contributed by atoms with Crippen molar-refractivity contribution in [1.82, 2.24) is 4.90 Å². The summed E-state index contributed by atoms with van der Waals surface area (Å²) < 4.78 is 0. The van der Waals surface area contributed by atoms with Gasteiger partial charge >= 0.3 is 5.97 Å². The molecule has 0 aromatic rings. The second-order valence-electron chi connectivity index (χ2n) is 8.29. The van der Waals surface area contributed by atoms with Crippen LogP contribution in [0.25, 0.3) is 0 Å². The molecule has 4 aliphatic rings. The van der Waals surface area contributed by atoms with Crippen molar-refractivity contribution in [2.45, 2.75) is 58.4 Å². The normalized spacial score (nSPS) is 37.6. The lowest BCUT2D eigenvalue weighted by Gasteiger charge is -2.56. The maximum Gasteiger partial charge on any atom is 0.309 e. The fourth-order valence-electron chi connectivity index (χ4n) is 5.27. The van der Waals surface area contributed by atoms with Gasteiger partial charge in [-0.05, 0) is 69.6 Å². The van der Waals surface area contributed by atoms with E-state index in [2.05, 4.69) is 0 Å². The highest BCUT2D eigenvalue weighted by molar-refractivity contribution is 5.84. The van der Waals surface area contributed by atoms with E-state index in [1.54, 1.807) is 13.8 Å². The number of hydrogen-bond acceptors (Lipinski definition) is 2. The van der Waals surface area contributed by atoms with Crippen molar-refractivity contribution in [3.05, 3.63) is 0 Å². The Morgan fingerprint density at radius 2 is 1.52 bits per heavy atom. The quantitative estimate of drug-likeness (QED) is 0.867. The summed E-state index contributed by atoms with van der Waals surface area (Å²) in [6.07, 6.45) is 6.61. The second-order valence-corrected chi connectivity index (χ2v) is 8.29. The highest BCUT2D eigenvalue weighted by Gasteiger charge is 2.50. The number of carboxylic acid groups (broad SMARTS) is 1. The van der Waals surface area contributed by atoms with Crippen LogP contribution in [-0.2, 0) is 9.59 Å². The third-order valence-electron chi connectivity index (χ3n) is 6.19. The molecule has 4 nitrogen and oxygen atoms in total. The van der Waals surface area contributed by atoms with Gasteiger partial charge < -0.3 is 10.0 Å². The summed E-state index contributed by atoms with van der Waals surface area (Å²) in [5.74, 6) is 2.20. The van der Waals surface area contributed by atoms with Gasteiger partial charge in [0, 0.05) is 19.5 Å². The topological polar surface area (TPSA) is 57.6 Å². The van der Waals surface area contributed by atoms with Gasteiger partial charge in [0.15, 0.2) is 0 Å². The molecule has 0 aliphatic heterocycles. The van der Waals surface area contributed by atoms with Crippen molar-refractivity contribution in [3.8, 4) is 0 Å². The van der Waals surface area contributed by atoms with Crippen LogP contribution in [0.15, 0.2) is 0 Å². The van der Waals surface area contributed by atoms with Crippen LogP contribution in [0.4, 0.5) is 0 Å². The summed E-state index contributed by atoms with van der Waals surface area (Å²) in [6, 6.07) is 0.356. The van der Waals surface area contributed by atoms with Crippen molar-refractivity contribution in [3.63, 3.8) is 0 Å². The fraction of sp³-hybridized carbons (Fsp3) is 0.882. The molecule has 4 heteroatoms. The van der Waals surface area contributed by atoms with Gasteiger partial charge in [0.25, 0.3) is 0 Å². The van der Waals surface area contributed by atoms with Crippen LogP contribution in [0, 0.1) is 29.1 Å². The smallest absolute Gasteiger partial charge is 0.309 e. The average Bonchev–Trinajstić information content (AvgIpc) is 2.36. The molecule has 0 heterocycles. The van der Waals surface area contributed by atoms with Crippen LogP contribution in [-0.4, -0.2) is 35.0 Å². The molecule has 118 valence electrons. The Kier molecular flexibility index (Phi) is 3.53. The third kappa shape index (κ3) is 2.58. The molecule has 4 fully saturated rings. The maximum absolute atomic E-state index is 12.5. The van der Waals surface area contributed by atoms with Gasteiger partial charge in [-0.2, -0.15) is 0 Å². The number of carbonyl (C=O) groups is 2. The minimum absolute atomic E-state index is 0.000117. The summed E-state index contributed by atoms with van der Waals surface area (Å²) >= 11 is 0. The highest BCUT2D eigenvalue weighted by Crippen LogP contribution is 2.55. The highest BCUT2D eigenvalue weighted by atomic mass is 16.4. The number of nitrogens with zero attached hydrogens (tertiary/aromatic N) is 1. The monoisotopic (exact) mass is 293 g/mol. The summed E-state index contributed by atoms with van der Waals surface area (Å²) in [5, 5.41) is 9.21. The lowest BCUT2D eigenvalue weighted by Crippen LogP contribution is -2.56. The minimum atomic E-state index is -0.975. The van der Waals surface area contributed by atoms with E-state index < -0.39 is 11.4 Å². The van der Waals surface area contributed by atoms with E-state index in [4.69, 9.17) is 0 Å². The molecular formula is C17H27NO3. The molecule has 4 rings (SSSR count). The summed E-state index contributed by atoms with van der Waals surface area (Å²) in [5.41, 5.74) is -0.975. The Bertz CT molecular complexity index is 429. The van der Waals surface area contributed by atoms with Crippen molar-refractivity contribution in [2.75, 3.05) is 7.05 Å². The zero-order valence-electron chi connectivity index (χ0n) is 13.3. The van der Waals surface area contributed by atoms with Gasteiger partial charge in [0.05, 0.1) is 5.41 Å². The van der Waals surface area contributed by atoms with Gasteiger partial charge in [0.2, 0.25) is 5.91 Å². The molecule has 1 N–H and O–H groups in total. The van der Waals surface area contributed by atoms with E-state index in [1.807, 2.05) is 11.9 Å². The van der Waals surface area contributed by atoms with E-state index in [0.29, 0.717) is 17.9 Å². The zero-order chi connectivity index (χ0) is 15.4. The first-order valence-electron chi connectivity index (χ1n) is 8.27. The molecule has 4 aliphatic carbocycles. The number of carbonyl (C=O) groups excluding carboxylic acids is 1. The number of carboxylic acids is 1. The Labute approximate surface area is 126 Å². The fourth-order valence-corrected chi connectivity index (χ4v) is 5.27. The first-order valence-corrected chi connectivity index (χ1v) is 8.27.